The van der Waals surface area contributed by atoms with Gasteiger partial charge in [-0.2, -0.15) is 0 Å². The minimum absolute atomic E-state index is 0.0647. The number of ether oxygens (including phenoxy) is 1. The number of guanidine groups is 1. The molecule has 1 saturated heterocycles. The second-order valence-corrected chi connectivity index (χ2v) is 6.66. The van der Waals surface area contributed by atoms with Crippen molar-refractivity contribution in [1.29, 1.82) is 0 Å². The summed E-state index contributed by atoms with van der Waals surface area (Å²) >= 11 is 0. The molecule has 0 radical (unpaired) electrons. The predicted molar refractivity (Wildman–Crippen MR) is 102 cm³/mol. The summed E-state index contributed by atoms with van der Waals surface area (Å²) in [5.74, 6) is 1.30. The first-order valence-electron chi connectivity index (χ1n) is 9.12. The van der Waals surface area contributed by atoms with Crippen molar-refractivity contribution in [3.05, 3.63) is 29.8 Å². The zero-order chi connectivity index (χ0) is 18.1. The summed E-state index contributed by atoms with van der Waals surface area (Å²) < 4.78 is 5.42. The van der Waals surface area contributed by atoms with Crippen LogP contribution < -0.4 is 16.0 Å². The van der Waals surface area contributed by atoms with E-state index in [1.54, 1.807) is 0 Å². The second kappa shape index (κ2) is 10.0. The molecule has 6 heteroatoms. The molecule has 0 aliphatic carbocycles. The van der Waals surface area contributed by atoms with Crippen molar-refractivity contribution >= 4 is 17.6 Å². The molecule has 1 aliphatic heterocycles. The van der Waals surface area contributed by atoms with Crippen LogP contribution in [0.2, 0.25) is 0 Å². The number of benzene rings is 1. The standard InChI is InChI=1S/C19H30N4O2/c1-4-20-19(21-12-14(2)3)22-13-15-7-5-8-16(11-15)23-18(24)17-9-6-10-25-17/h5,7-8,11,14,17H,4,6,9-10,12-13H2,1-3H3,(H,23,24)(H2,20,21,22). The van der Waals surface area contributed by atoms with E-state index in [0.29, 0.717) is 19.1 Å². The topological polar surface area (TPSA) is 74.8 Å². The zero-order valence-corrected chi connectivity index (χ0v) is 15.5. The second-order valence-electron chi connectivity index (χ2n) is 6.66. The molecule has 0 bridgehead atoms. The molecule has 1 heterocycles. The Morgan fingerprint density at radius 2 is 2.20 bits per heavy atom. The summed E-state index contributed by atoms with van der Waals surface area (Å²) in [6.45, 7) is 9.30. The van der Waals surface area contributed by atoms with Gasteiger partial charge in [-0.05, 0) is 43.4 Å². The Kier molecular flexibility index (Phi) is 7.73. The molecule has 1 aromatic carbocycles. The number of hydrogen-bond donors (Lipinski definition) is 3. The van der Waals surface area contributed by atoms with E-state index < -0.39 is 0 Å². The lowest BCUT2D eigenvalue weighted by Gasteiger charge is -2.13. The van der Waals surface area contributed by atoms with Crippen LogP contribution in [0.25, 0.3) is 0 Å². The summed E-state index contributed by atoms with van der Waals surface area (Å²) in [6.07, 6.45) is 1.43. The highest BCUT2D eigenvalue weighted by atomic mass is 16.5. The van der Waals surface area contributed by atoms with E-state index in [2.05, 4.69) is 34.8 Å². The largest absolute Gasteiger partial charge is 0.368 e. The summed E-state index contributed by atoms with van der Waals surface area (Å²) in [6, 6.07) is 7.80. The number of carbonyl (C=O) groups excluding carboxylic acids is 1. The number of carbonyl (C=O) groups is 1. The number of anilines is 1. The van der Waals surface area contributed by atoms with Crippen LogP contribution in [-0.4, -0.2) is 37.7 Å². The molecule has 6 nitrogen and oxygen atoms in total. The van der Waals surface area contributed by atoms with Crippen LogP contribution in [0.15, 0.2) is 29.3 Å². The minimum Gasteiger partial charge on any atom is -0.368 e. The van der Waals surface area contributed by atoms with Gasteiger partial charge in [0.15, 0.2) is 5.96 Å². The van der Waals surface area contributed by atoms with E-state index in [4.69, 9.17) is 4.74 Å². The number of aliphatic imine (C=N–C) groups is 1. The van der Waals surface area contributed by atoms with E-state index in [1.165, 1.54) is 0 Å². The lowest BCUT2D eigenvalue weighted by Crippen LogP contribution is -2.39. The maximum atomic E-state index is 12.1. The van der Waals surface area contributed by atoms with Gasteiger partial charge in [0.1, 0.15) is 6.10 Å². The molecular formula is C19H30N4O2. The van der Waals surface area contributed by atoms with E-state index in [0.717, 1.165) is 43.1 Å². The van der Waals surface area contributed by atoms with E-state index in [9.17, 15) is 4.79 Å². The van der Waals surface area contributed by atoms with Crippen LogP contribution in [0.1, 0.15) is 39.2 Å². The highest BCUT2D eigenvalue weighted by Gasteiger charge is 2.23. The van der Waals surface area contributed by atoms with Crippen molar-refractivity contribution in [3.8, 4) is 0 Å². The number of amides is 1. The summed E-state index contributed by atoms with van der Waals surface area (Å²) in [5, 5.41) is 9.51. The maximum Gasteiger partial charge on any atom is 0.253 e. The molecule has 3 N–H and O–H groups in total. The van der Waals surface area contributed by atoms with Gasteiger partial charge in [0, 0.05) is 25.4 Å². The SMILES string of the molecule is CCNC(=NCc1cccc(NC(=O)C2CCCO2)c1)NCC(C)C. The van der Waals surface area contributed by atoms with Crippen molar-refractivity contribution in [1.82, 2.24) is 10.6 Å². The van der Waals surface area contributed by atoms with E-state index in [-0.39, 0.29) is 12.0 Å². The van der Waals surface area contributed by atoms with Crippen molar-refractivity contribution in [2.45, 2.75) is 46.3 Å². The third-order valence-corrected chi connectivity index (χ3v) is 3.86. The normalized spacial score (nSPS) is 17.6. The first kappa shape index (κ1) is 19.2. The van der Waals surface area contributed by atoms with Crippen LogP contribution in [0.3, 0.4) is 0 Å². The Balaban J connectivity index is 1.94. The molecule has 1 amide bonds. The smallest absolute Gasteiger partial charge is 0.253 e. The fourth-order valence-corrected chi connectivity index (χ4v) is 2.57. The van der Waals surface area contributed by atoms with Crippen molar-refractivity contribution in [2.75, 3.05) is 25.0 Å². The predicted octanol–water partition coefficient (Wildman–Crippen LogP) is 2.52. The molecule has 0 spiro atoms. The third kappa shape index (κ3) is 6.74. The highest BCUT2D eigenvalue weighted by molar-refractivity contribution is 5.94. The van der Waals surface area contributed by atoms with Crippen molar-refractivity contribution in [2.24, 2.45) is 10.9 Å². The van der Waals surface area contributed by atoms with Gasteiger partial charge >= 0.3 is 0 Å². The van der Waals surface area contributed by atoms with Gasteiger partial charge in [0.05, 0.1) is 6.54 Å². The summed E-state index contributed by atoms with van der Waals surface area (Å²) in [4.78, 5) is 16.8. The van der Waals surface area contributed by atoms with Crippen molar-refractivity contribution < 1.29 is 9.53 Å². The number of rotatable bonds is 7. The molecule has 0 aromatic heterocycles. The molecule has 2 rings (SSSR count). The Hall–Kier alpha value is -2.08. The molecule has 0 saturated carbocycles. The van der Waals surface area contributed by atoms with Gasteiger partial charge in [-0.1, -0.05) is 26.0 Å². The first-order valence-corrected chi connectivity index (χ1v) is 9.12. The van der Waals surface area contributed by atoms with Gasteiger partial charge in [0.25, 0.3) is 5.91 Å². The van der Waals surface area contributed by atoms with Gasteiger partial charge < -0.3 is 20.7 Å². The number of nitrogens with zero attached hydrogens (tertiary/aromatic N) is 1. The Morgan fingerprint density at radius 3 is 2.88 bits per heavy atom. The maximum absolute atomic E-state index is 12.1. The van der Waals surface area contributed by atoms with E-state index >= 15 is 0 Å². The minimum atomic E-state index is -0.317. The third-order valence-electron chi connectivity index (χ3n) is 3.86. The van der Waals surface area contributed by atoms with Crippen LogP contribution >= 0.6 is 0 Å². The quantitative estimate of drug-likeness (QED) is 0.524. The average Bonchev–Trinajstić information content (AvgIpc) is 3.12. The Bertz CT molecular complexity index is 581. The lowest BCUT2D eigenvalue weighted by molar-refractivity contribution is -0.124. The fraction of sp³-hybridized carbons (Fsp3) is 0.579. The van der Waals surface area contributed by atoms with Crippen molar-refractivity contribution in [3.63, 3.8) is 0 Å². The molecule has 1 unspecified atom stereocenters. The number of nitrogens with one attached hydrogen (secondary N) is 3. The van der Waals surface area contributed by atoms with Gasteiger partial charge in [0.2, 0.25) is 0 Å². The molecule has 1 fully saturated rings. The van der Waals surface area contributed by atoms with Crippen LogP contribution in [0, 0.1) is 5.92 Å². The van der Waals surface area contributed by atoms with Crippen LogP contribution in [0.4, 0.5) is 5.69 Å². The average molecular weight is 346 g/mol. The first-order chi connectivity index (χ1) is 12.1. The monoisotopic (exact) mass is 346 g/mol. The molecule has 1 aliphatic rings. The number of hydrogen-bond acceptors (Lipinski definition) is 3. The fourth-order valence-electron chi connectivity index (χ4n) is 2.57. The molecule has 1 atom stereocenters. The molecule has 138 valence electrons. The molecule has 1 aromatic rings. The van der Waals surface area contributed by atoms with Crippen LogP contribution in [-0.2, 0) is 16.1 Å². The summed E-state index contributed by atoms with van der Waals surface area (Å²) in [7, 11) is 0. The molecule has 25 heavy (non-hydrogen) atoms. The van der Waals surface area contributed by atoms with Gasteiger partial charge in [-0.3, -0.25) is 4.79 Å². The van der Waals surface area contributed by atoms with Gasteiger partial charge in [-0.25, -0.2) is 4.99 Å². The van der Waals surface area contributed by atoms with Crippen LogP contribution in [0.5, 0.6) is 0 Å². The lowest BCUT2D eigenvalue weighted by atomic mass is 10.2. The zero-order valence-electron chi connectivity index (χ0n) is 15.5. The Morgan fingerprint density at radius 1 is 1.36 bits per heavy atom. The highest BCUT2D eigenvalue weighted by Crippen LogP contribution is 2.16. The van der Waals surface area contributed by atoms with Gasteiger partial charge in [-0.15, -0.1) is 0 Å². The molecular weight excluding hydrogens is 316 g/mol. The summed E-state index contributed by atoms with van der Waals surface area (Å²) in [5.41, 5.74) is 1.83. The van der Waals surface area contributed by atoms with E-state index in [1.807, 2.05) is 31.2 Å². The Labute approximate surface area is 150 Å².